The molecule has 2 aliphatic heterocycles. The van der Waals surface area contributed by atoms with E-state index in [2.05, 4.69) is 44.5 Å². The van der Waals surface area contributed by atoms with E-state index in [1.165, 1.54) is 11.3 Å². The van der Waals surface area contributed by atoms with Crippen molar-refractivity contribution in [3.63, 3.8) is 0 Å². The molecule has 0 saturated carbocycles. The fraction of sp³-hybridized carbons (Fsp3) is 0.500. The molecule has 2 N–H and O–H groups in total. The highest BCUT2D eigenvalue weighted by atomic mass is 35.5. The molecule has 0 amide bonds. The summed E-state index contributed by atoms with van der Waals surface area (Å²) in [4.78, 5) is 14.2. The summed E-state index contributed by atoms with van der Waals surface area (Å²) in [6.07, 6.45) is 4.74. The summed E-state index contributed by atoms with van der Waals surface area (Å²) in [6, 6.07) is 8.87. The van der Waals surface area contributed by atoms with Crippen LogP contribution >= 0.6 is 18.7 Å². The zero-order chi connectivity index (χ0) is 30.7. The smallest absolute Gasteiger partial charge is 0.229 e. The van der Waals surface area contributed by atoms with Crippen molar-refractivity contribution in [3.8, 4) is 5.75 Å². The molecule has 2 saturated heterocycles. The monoisotopic (exact) mass is 626 g/mol. The highest BCUT2D eigenvalue weighted by molar-refractivity contribution is 7.70. The van der Waals surface area contributed by atoms with E-state index >= 15 is 0 Å². The molecule has 0 aliphatic carbocycles. The van der Waals surface area contributed by atoms with E-state index in [9.17, 15) is 4.57 Å². The quantitative estimate of drug-likeness (QED) is 0.264. The highest BCUT2D eigenvalue weighted by Crippen LogP contribution is 2.40. The van der Waals surface area contributed by atoms with E-state index in [1.54, 1.807) is 26.6 Å². The predicted molar refractivity (Wildman–Crippen MR) is 179 cm³/mol. The van der Waals surface area contributed by atoms with Crippen LogP contribution in [0.2, 0.25) is 5.02 Å². The molecule has 1 aromatic heterocycles. The summed E-state index contributed by atoms with van der Waals surface area (Å²) < 4.78 is 24.5. The number of methoxy groups -OCH3 is 1. The molecule has 0 unspecified atom stereocenters. The van der Waals surface area contributed by atoms with E-state index in [-0.39, 0.29) is 0 Å². The van der Waals surface area contributed by atoms with Crippen LogP contribution in [0.3, 0.4) is 0 Å². The van der Waals surface area contributed by atoms with E-state index in [1.807, 2.05) is 26.0 Å². The van der Waals surface area contributed by atoms with Gasteiger partial charge in [-0.1, -0.05) is 18.5 Å². The van der Waals surface area contributed by atoms with Gasteiger partial charge in [-0.3, -0.25) is 4.90 Å². The van der Waals surface area contributed by atoms with Gasteiger partial charge in [-0.05, 0) is 81.3 Å². The SMILES string of the molecule is CCc1cc(Nc2ncc(Cl)c(Nc3cc(C)c(C)cc3P(C)(C)=O)n2)c(OC)cc1N1CCC(N2CCOCC2)CC1. The number of nitrogens with zero attached hydrogens (tertiary/aromatic N) is 4. The maximum Gasteiger partial charge on any atom is 0.229 e. The molecular weight excluding hydrogens is 583 g/mol. The Kier molecular flexibility index (Phi) is 9.86. The number of hydrogen-bond acceptors (Lipinski definition) is 9. The minimum atomic E-state index is -2.56. The number of anilines is 5. The minimum Gasteiger partial charge on any atom is -0.494 e. The number of aromatic nitrogens is 2. The average Bonchev–Trinajstić information content (AvgIpc) is 3.00. The van der Waals surface area contributed by atoms with Crippen LogP contribution in [0.25, 0.3) is 0 Å². The number of benzene rings is 2. The van der Waals surface area contributed by atoms with Gasteiger partial charge in [-0.2, -0.15) is 4.98 Å². The molecule has 9 nitrogen and oxygen atoms in total. The van der Waals surface area contributed by atoms with Gasteiger partial charge in [-0.25, -0.2) is 4.98 Å². The van der Waals surface area contributed by atoms with Crippen LogP contribution in [0.5, 0.6) is 5.75 Å². The fourth-order valence-electron chi connectivity index (χ4n) is 5.98. The summed E-state index contributed by atoms with van der Waals surface area (Å²) in [6.45, 7) is 15.6. The molecule has 5 rings (SSSR count). The van der Waals surface area contributed by atoms with Crippen LogP contribution in [0.4, 0.5) is 28.8 Å². The first-order valence-corrected chi connectivity index (χ1v) is 18.1. The summed E-state index contributed by atoms with van der Waals surface area (Å²) in [7, 11) is -0.875. The Hall–Kier alpha value is -2.84. The van der Waals surface area contributed by atoms with Crippen molar-refractivity contribution in [2.75, 3.05) is 75.4 Å². The maximum absolute atomic E-state index is 13.1. The second-order valence-electron chi connectivity index (χ2n) is 11.8. The zero-order valence-corrected chi connectivity index (χ0v) is 27.8. The molecular formula is C32H44ClN6O3P. The zero-order valence-electron chi connectivity index (χ0n) is 26.2. The first-order valence-electron chi connectivity index (χ1n) is 15.1. The van der Waals surface area contributed by atoms with Gasteiger partial charge in [-0.15, -0.1) is 0 Å². The average molecular weight is 627 g/mol. The van der Waals surface area contributed by atoms with Gasteiger partial charge >= 0.3 is 0 Å². The summed E-state index contributed by atoms with van der Waals surface area (Å²) in [5.74, 6) is 1.55. The van der Waals surface area contributed by atoms with Crippen molar-refractivity contribution in [1.82, 2.24) is 14.9 Å². The van der Waals surface area contributed by atoms with Crippen LogP contribution in [0, 0.1) is 13.8 Å². The van der Waals surface area contributed by atoms with Gasteiger partial charge in [0.1, 0.15) is 17.9 Å². The van der Waals surface area contributed by atoms with Crippen LogP contribution in [0.15, 0.2) is 30.5 Å². The number of ether oxygens (including phenoxy) is 2. The third-order valence-electron chi connectivity index (χ3n) is 8.58. The second kappa shape index (κ2) is 13.4. The molecule has 0 radical (unpaired) electrons. The van der Waals surface area contributed by atoms with Gasteiger partial charge in [0.05, 0.1) is 37.9 Å². The highest BCUT2D eigenvalue weighted by Gasteiger charge is 2.27. The summed E-state index contributed by atoms with van der Waals surface area (Å²) in [5, 5.41) is 7.82. The topological polar surface area (TPSA) is 91.8 Å². The van der Waals surface area contributed by atoms with E-state index in [0.29, 0.717) is 22.8 Å². The molecule has 2 aliphatic rings. The maximum atomic E-state index is 13.1. The Morgan fingerprint density at radius 2 is 1.72 bits per heavy atom. The minimum absolute atomic E-state index is 0.369. The molecule has 11 heteroatoms. The van der Waals surface area contributed by atoms with Gasteiger partial charge < -0.3 is 29.6 Å². The third kappa shape index (κ3) is 7.28. The van der Waals surface area contributed by atoms with Crippen LogP contribution in [-0.2, 0) is 15.7 Å². The lowest BCUT2D eigenvalue weighted by Crippen LogP contribution is -2.49. The Bertz CT molecular complexity index is 1500. The molecule has 0 bridgehead atoms. The lowest BCUT2D eigenvalue weighted by molar-refractivity contribution is 0.0115. The Morgan fingerprint density at radius 1 is 1.02 bits per heavy atom. The Balaban J connectivity index is 1.37. The Morgan fingerprint density at radius 3 is 2.37 bits per heavy atom. The number of halogens is 1. The molecule has 3 aromatic rings. The second-order valence-corrected chi connectivity index (χ2v) is 15.4. The number of rotatable bonds is 9. The molecule has 43 heavy (non-hydrogen) atoms. The van der Waals surface area contributed by atoms with Crippen molar-refractivity contribution in [3.05, 3.63) is 52.2 Å². The van der Waals surface area contributed by atoms with E-state index in [4.69, 9.17) is 26.1 Å². The van der Waals surface area contributed by atoms with Crippen molar-refractivity contribution in [2.45, 2.75) is 46.1 Å². The number of piperidine rings is 1. The molecule has 0 atom stereocenters. The molecule has 232 valence electrons. The Labute approximate surface area is 260 Å². The normalized spacial score (nSPS) is 16.8. The number of hydrogen-bond donors (Lipinski definition) is 2. The first kappa shape index (κ1) is 31.6. The van der Waals surface area contributed by atoms with Gasteiger partial charge in [0.2, 0.25) is 5.95 Å². The van der Waals surface area contributed by atoms with Crippen molar-refractivity contribution in [1.29, 1.82) is 0 Å². The van der Waals surface area contributed by atoms with Gasteiger partial charge in [0, 0.05) is 49.3 Å². The largest absolute Gasteiger partial charge is 0.494 e. The third-order valence-corrected chi connectivity index (χ3v) is 10.4. The van der Waals surface area contributed by atoms with E-state index in [0.717, 1.165) is 92.2 Å². The lowest BCUT2D eigenvalue weighted by Gasteiger charge is -2.41. The predicted octanol–water partition coefficient (Wildman–Crippen LogP) is 6.35. The van der Waals surface area contributed by atoms with Crippen LogP contribution < -0.4 is 25.6 Å². The molecule has 0 spiro atoms. The first-order chi connectivity index (χ1) is 20.6. The lowest BCUT2D eigenvalue weighted by atomic mass is 10.00. The van der Waals surface area contributed by atoms with Crippen LogP contribution in [-0.4, -0.2) is 80.7 Å². The summed E-state index contributed by atoms with van der Waals surface area (Å²) >= 11 is 6.54. The van der Waals surface area contributed by atoms with Gasteiger partial charge in [0.25, 0.3) is 0 Å². The van der Waals surface area contributed by atoms with Crippen LogP contribution in [0.1, 0.15) is 36.5 Å². The summed E-state index contributed by atoms with van der Waals surface area (Å²) in [5.41, 5.74) is 6.15. The molecule has 3 heterocycles. The molecule has 2 aromatic carbocycles. The standard InChI is InChI=1S/C32H44ClN6O3P/c1-7-23-18-26(29(41-4)19-28(23)39-10-8-24(9-11-39)38-12-14-42-15-13-38)36-32-34-20-25(33)31(37-32)35-27-16-21(2)22(3)17-30(27)43(5,6)40/h16-20,24H,7-15H2,1-6H3,(H2,34,35,36,37). The number of morpholine rings is 1. The van der Waals surface area contributed by atoms with E-state index < -0.39 is 7.14 Å². The number of aryl methyl sites for hydroxylation is 3. The van der Waals surface area contributed by atoms with Crippen molar-refractivity contribution in [2.24, 2.45) is 0 Å². The van der Waals surface area contributed by atoms with Gasteiger partial charge in [0.15, 0.2) is 5.82 Å². The number of nitrogens with one attached hydrogen (secondary N) is 2. The van der Waals surface area contributed by atoms with Crippen molar-refractivity contribution < 1.29 is 14.0 Å². The van der Waals surface area contributed by atoms with Crippen molar-refractivity contribution >= 4 is 52.9 Å². The fourth-order valence-corrected chi connectivity index (χ4v) is 7.33. The molecule has 2 fully saturated rings.